The van der Waals surface area contributed by atoms with Crippen molar-refractivity contribution in [3.63, 3.8) is 0 Å². The first kappa shape index (κ1) is 68.2. The van der Waals surface area contributed by atoms with Crippen molar-refractivity contribution in [2.24, 2.45) is 0 Å². The third-order valence-corrected chi connectivity index (χ3v) is 13.7. The maximum absolute atomic E-state index is 12.5. The van der Waals surface area contributed by atoms with E-state index in [4.69, 9.17) is 37.0 Å². The smallest absolute Gasteiger partial charge is 0.268 e. The van der Waals surface area contributed by atoms with E-state index in [9.17, 15) is 18.9 Å². The maximum atomic E-state index is 12.5. The molecule has 3 unspecified atom stereocenters. The van der Waals surface area contributed by atoms with Crippen molar-refractivity contribution in [3.8, 4) is 47.4 Å². The Morgan fingerprint density at radius 2 is 0.667 bits per heavy atom. The summed E-state index contributed by atoms with van der Waals surface area (Å²) in [6.07, 6.45) is 28.1. The molecule has 14 nitrogen and oxygen atoms in total. The molecule has 0 aromatic heterocycles. The minimum Gasteiger partial charge on any atom is -0.756 e. The van der Waals surface area contributed by atoms with Gasteiger partial charge < -0.3 is 55.8 Å². The van der Waals surface area contributed by atoms with Crippen molar-refractivity contribution in [2.75, 3.05) is 121 Å². The predicted octanol–water partition coefficient (Wildman–Crippen LogP) is 10.2. The van der Waals surface area contributed by atoms with Crippen LogP contribution in [0, 0.1) is 47.4 Å². The van der Waals surface area contributed by atoms with Gasteiger partial charge in [0.15, 0.2) is 0 Å². The van der Waals surface area contributed by atoms with Gasteiger partial charge in [-0.3, -0.25) is 9.13 Å². The molecule has 0 amide bonds. The number of rotatable bonds is 14. The highest BCUT2D eigenvalue weighted by Crippen LogP contribution is 2.39. The van der Waals surface area contributed by atoms with Crippen molar-refractivity contribution < 1.29 is 64.9 Å². The van der Waals surface area contributed by atoms with Gasteiger partial charge in [0.05, 0.1) is 68.7 Å². The number of ether oxygens (including phenoxy) is 4. The molecule has 72 heavy (non-hydrogen) atoms. The van der Waals surface area contributed by atoms with E-state index in [0.717, 1.165) is 180 Å². The quantitative estimate of drug-likeness (QED) is 0.0924. The summed E-state index contributed by atoms with van der Waals surface area (Å²) in [6, 6.07) is 0. The second-order valence-electron chi connectivity index (χ2n) is 21.0. The van der Waals surface area contributed by atoms with Crippen molar-refractivity contribution in [2.45, 2.75) is 192 Å². The van der Waals surface area contributed by atoms with Gasteiger partial charge in [-0.1, -0.05) is 126 Å². The van der Waals surface area contributed by atoms with Gasteiger partial charge >= 0.3 is 0 Å². The molecule has 0 bridgehead atoms. The highest BCUT2D eigenvalue weighted by molar-refractivity contribution is 7.46. The van der Waals surface area contributed by atoms with E-state index in [1.54, 1.807) is 0 Å². The Hall–Kier alpha value is -1.78. The van der Waals surface area contributed by atoms with Gasteiger partial charge in [-0.05, 0) is 75.0 Å². The van der Waals surface area contributed by atoms with Crippen molar-refractivity contribution in [1.29, 1.82) is 0 Å². The van der Waals surface area contributed by atoms with Crippen LogP contribution in [0.1, 0.15) is 180 Å². The van der Waals surface area contributed by atoms with E-state index in [0.29, 0.717) is 48.5 Å². The number of quaternary nitrogens is 2. The van der Waals surface area contributed by atoms with Crippen LogP contribution in [-0.4, -0.2) is 143 Å². The van der Waals surface area contributed by atoms with Crippen LogP contribution in [0.2, 0.25) is 0 Å². The number of hydrogen-bond acceptors (Lipinski definition) is 12. The number of hydrogen-bond donors (Lipinski definition) is 0. The average molecular weight is 1060 g/mol. The number of phosphoric ester groups is 2. The molecule has 0 aromatic rings. The third kappa shape index (κ3) is 50.4. The lowest BCUT2D eigenvalue weighted by molar-refractivity contribution is -0.870. The number of likely N-dealkylation sites (N-methyl/N-ethyl adjacent to an activating group) is 2. The minimum absolute atomic E-state index is 0.0593. The fourth-order valence-electron chi connectivity index (χ4n) is 7.22. The summed E-state index contributed by atoms with van der Waals surface area (Å²) >= 11 is 0. The Balaban J connectivity index is 2.60. The fraction of sp³-hybridized carbons (Fsp3) is 0.857. The molecule has 0 saturated carbocycles. The molecule has 0 aromatic carbocycles. The second kappa shape index (κ2) is 45.4. The van der Waals surface area contributed by atoms with Crippen molar-refractivity contribution in [1.82, 2.24) is 0 Å². The lowest BCUT2D eigenvalue weighted by atomic mass is 10.1. The molecule has 0 fully saturated rings. The van der Waals surface area contributed by atoms with E-state index in [2.05, 4.69) is 47.4 Å². The second-order valence-corrected chi connectivity index (χ2v) is 23.8. The molecule has 0 saturated heterocycles. The Bertz CT molecular complexity index is 1550. The van der Waals surface area contributed by atoms with Gasteiger partial charge in [0.25, 0.3) is 15.6 Å². The average Bonchev–Trinajstić information content (AvgIpc) is 3.31. The monoisotopic (exact) mass is 1050 g/mol. The van der Waals surface area contributed by atoms with Crippen LogP contribution in [0.4, 0.5) is 0 Å². The van der Waals surface area contributed by atoms with Gasteiger partial charge in [0.1, 0.15) is 38.5 Å². The summed E-state index contributed by atoms with van der Waals surface area (Å²) in [6.45, 7) is 3.70. The van der Waals surface area contributed by atoms with Crippen LogP contribution in [0.15, 0.2) is 0 Å². The van der Waals surface area contributed by atoms with Crippen LogP contribution < -0.4 is 9.79 Å². The molecule has 0 spiro atoms. The highest BCUT2D eigenvalue weighted by atomic mass is 31.2. The van der Waals surface area contributed by atoms with Gasteiger partial charge in [-0.15, -0.1) is 0 Å². The minimum atomic E-state index is -4.45. The molecule has 0 radical (unpaired) electrons. The standard InChI is InChI=1S/C56H100N2O12P2/c1-57(2,3)43-49-67-71(59,60)69-53-55-51-63-45-39-35-31-27-23-19-15-11-7-8-12-16-20-24-28-32-36-40-46-64-52-56(54-70-72(61,62)68-50-44-58(4,5)6)66-48-42-38-34-30-26-22-18-14-10-9-13-17-21-25-29-33-37-41-47-65-55/h55-56H,15-54H2,1-6H3/t55-,56?/m1/s1. The van der Waals surface area contributed by atoms with Gasteiger partial charge in [-0.25, -0.2) is 0 Å². The third-order valence-electron chi connectivity index (χ3n) is 11.7. The normalized spacial score (nSPS) is 22.6. The summed E-state index contributed by atoms with van der Waals surface area (Å²) in [5.41, 5.74) is 0. The maximum Gasteiger partial charge on any atom is 0.268 e. The molecule has 4 atom stereocenters. The number of nitrogens with zero attached hydrogens (tertiary/aromatic N) is 2. The summed E-state index contributed by atoms with van der Waals surface area (Å²) in [7, 11) is 2.94. The first-order chi connectivity index (χ1) is 34.6. The van der Waals surface area contributed by atoms with Crippen LogP contribution >= 0.6 is 15.6 Å². The summed E-state index contributed by atoms with van der Waals surface area (Å²) in [5, 5.41) is 0. The Morgan fingerprint density at radius 1 is 0.403 bits per heavy atom. The van der Waals surface area contributed by atoms with Gasteiger partial charge in [0.2, 0.25) is 0 Å². The largest absolute Gasteiger partial charge is 0.756 e. The van der Waals surface area contributed by atoms with Gasteiger partial charge in [-0.2, -0.15) is 0 Å². The van der Waals surface area contributed by atoms with E-state index in [1.165, 1.54) is 0 Å². The fourth-order valence-corrected chi connectivity index (χ4v) is 8.67. The van der Waals surface area contributed by atoms with Crippen LogP contribution in [-0.2, 0) is 46.2 Å². The molecule has 16 heteroatoms. The molecule has 0 N–H and O–H groups in total. The molecular formula is C56H100N2O12P2. The lowest BCUT2D eigenvalue weighted by Gasteiger charge is -2.28. The zero-order valence-corrected chi connectivity index (χ0v) is 47.9. The molecule has 1 aliphatic rings. The van der Waals surface area contributed by atoms with E-state index in [-0.39, 0.29) is 39.6 Å². The lowest BCUT2D eigenvalue weighted by Crippen LogP contribution is -2.37. The first-order valence-electron chi connectivity index (χ1n) is 27.7. The first-order valence-corrected chi connectivity index (χ1v) is 30.6. The Labute approximate surface area is 439 Å². The Morgan fingerprint density at radius 3 is 0.958 bits per heavy atom. The molecule has 1 heterocycles. The summed E-state index contributed by atoms with van der Waals surface area (Å²) in [5.74, 6) is 24.8. The Kier molecular flexibility index (Phi) is 43.0. The molecule has 1 rings (SSSR count). The van der Waals surface area contributed by atoms with Crippen molar-refractivity contribution in [3.05, 3.63) is 0 Å². The van der Waals surface area contributed by atoms with Crippen LogP contribution in [0.25, 0.3) is 0 Å². The summed E-state index contributed by atoms with van der Waals surface area (Å²) in [4.78, 5) is 24.9. The van der Waals surface area contributed by atoms with Crippen molar-refractivity contribution >= 4 is 15.6 Å². The van der Waals surface area contributed by atoms with Gasteiger partial charge in [0, 0.05) is 52.1 Å². The SMILES string of the molecule is C[N+](C)(C)CCOP(=O)([O-])OCC1COCCCCCCCCC#CC#CCCCCCCCCOC[C@H](COP(=O)([O-])OCC[N+](C)(C)C)OCCCCCCCCC#CC#CCCCCCCCCO1. The molecule has 1 aliphatic heterocycles. The van der Waals surface area contributed by atoms with Crippen LogP contribution in [0.5, 0.6) is 0 Å². The zero-order chi connectivity index (χ0) is 52.8. The zero-order valence-electron chi connectivity index (χ0n) is 46.1. The highest BCUT2D eigenvalue weighted by Gasteiger charge is 2.19. The number of phosphoric acid groups is 2. The molecule has 0 aliphatic carbocycles. The van der Waals surface area contributed by atoms with E-state index >= 15 is 0 Å². The van der Waals surface area contributed by atoms with E-state index < -0.39 is 27.9 Å². The predicted molar refractivity (Wildman–Crippen MR) is 286 cm³/mol. The van der Waals surface area contributed by atoms with E-state index in [1.807, 2.05) is 42.3 Å². The van der Waals surface area contributed by atoms with Crippen LogP contribution in [0.3, 0.4) is 0 Å². The summed E-state index contributed by atoms with van der Waals surface area (Å²) < 4.78 is 70.8. The topological polar surface area (TPSA) is 154 Å². The molecular weight excluding hydrogens is 955 g/mol. The molecule has 416 valence electrons.